The molecule has 4 heterocycles. The number of amides is 3. The van der Waals surface area contributed by atoms with Crippen LogP contribution in [0.2, 0.25) is 0 Å². The van der Waals surface area contributed by atoms with Crippen LogP contribution in [-0.2, 0) is 19.1 Å². The molecule has 232 valence electrons. The fourth-order valence-corrected chi connectivity index (χ4v) is 5.55. The number of aliphatic imine (C=N–C) groups is 1. The highest BCUT2D eigenvalue weighted by molar-refractivity contribution is 6.11. The Morgan fingerprint density at radius 1 is 1.16 bits per heavy atom. The van der Waals surface area contributed by atoms with Crippen molar-refractivity contribution in [3.63, 3.8) is 0 Å². The molecule has 1 N–H and O–H groups in total. The normalized spacial score (nSPS) is 25.7. The standard InChI is InChI=1S/C29H33F4N5O5/c1-16-11-38(12-17(2)36(16)4)24-9-22(30)19(18-5-6-37(13-18)27(41)43-28(3)14-42-15-28)7-23(24)35-26(40)20-10-34-25(39)8-21(20)29(31,32)33/h5,7-10,16-17,20H,6,11-15H2,1-4H3,(H,35,40)/t16-,17+,20?. The third-order valence-electron chi connectivity index (χ3n) is 8.29. The molecule has 0 aromatic heterocycles. The topological polar surface area (TPSA) is 104 Å². The summed E-state index contributed by atoms with van der Waals surface area (Å²) in [6.45, 7) is 7.43. The van der Waals surface area contributed by atoms with Crippen molar-refractivity contribution in [1.82, 2.24) is 9.80 Å². The molecule has 2 fully saturated rings. The second kappa shape index (κ2) is 11.4. The molecule has 0 saturated carbocycles. The Kier molecular flexibility index (Phi) is 8.11. The first-order chi connectivity index (χ1) is 20.1. The molecule has 43 heavy (non-hydrogen) atoms. The number of benzene rings is 1. The third kappa shape index (κ3) is 6.30. The zero-order valence-corrected chi connectivity index (χ0v) is 24.2. The summed E-state index contributed by atoms with van der Waals surface area (Å²) in [7, 11) is 1.97. The molecule has 3 atom stereocenters. The van der Waals surface area contributed by atoms with Gasteiger partial charge in [0.15, 0.2) is 5.60 Å². The molecule has 4 aliphatic rings. The molecule has 0 aliphatic carbocycles. The number of carbonyl (C=O) groups excluding carboxylic acids is 3. The molecule has 1 unspecified atom stereocenters. The van der Waals surface area contributed by atoms with Gasteiger partial charge in [0.2, 0.25) is 5.91 Å². The Labute approximate surface area is 246 Å². The number of hydrogen-bond donors (Lipinski definition) is 1. The Morgan fingerprint density at radius 3 is 2.44 bits per heavy atom. The molecule has 3 amide bonds. The summed E-state index contributed by atoms with van der Waals surface area (Å²) in [5.74, 6) is -4.68. The first-order valence-corrected chi connectivity index (χ1v) is 13.9. The lowest BCUT2D eigenvalue weighted by Gasteiger charge is -2.44. The molecular formula is C29H33F4N5O5. The van der Waals surface area contributed by atoms with Gasteiger partial charge in [-0.05, 0) is 45.5 Å². The van der Waals surface area contributed by atoms with Crippen LogP contribution in [0.25, 0.3) is 5.57 Å². The van der Waals surface area contributed by atoms with Crippen molar-refractivity contribution in [3.05, 3.63) is 41.2 Å². The van der Waals surface area contributed by atoms with E-state index in [9.17, 15) is 27.6 Å². The highest BCUT2D eigenvalue weighted by Gasteiger charge is 2.44. The van der Waals surface area contributed by atoms with Crippen LogP contribution in [0.5, 0.6) is 0 Å². The molecule has 2 saturated heterocycles. The SMILES string of the molecule is C[C@@H]1CN(c2cc(F)c(C3=CCN(C(=O)OC4(C)COC4)C3)cc2NC(=O)C2C=NC(=O)C=C2C(F)(F)F)C[C@H](C)N1C. The molecule has 0 radical (unpaired) electrons. The minimum Gasteiger partial charge on any atom is -0.438 e. The monoisotopic (exact) mass is 607 g/mol. The largest absolute Gasteiger partial charge is 0.438 e. The Bertz CT molecular complexity index is 1410. The van der Waals surface area contributed by atoms with Crippen molar-refractivity contribution in [2.24, 2.45) is 10.9 Å². The molecule has 1 aromatic rings. The lowest BCUT2D eigenvalue weighted by atomic mass is 9.95. The molecule has 0 spiro atoms. The van der Waals surface area contributed by atoms with E-state index < -0.39 is 47.0 Å². The zero-order valence-electron chi connectivity index (χ0n) is 24.2. The summed E-state index contributed by atoms with van der Waals surface area (Å²) >= 11 is 0. The van der Waals surface area contributed by atoms with Gasteiger partial charge in [0.05, 0.1) is 30.2 Å². The molecule has 1 aromatic carbocycles. The number of piperazine rings is 1. The summed E-state index contributed by atoms with van der Waals surface area (Å²) in [4.78, 5) is 46.4. The van der Waals surface area contributed by atoms with Crippen molar-refractivity contribution in [2.45, 2.75) is 44.6 Å². The molecular weight excluding hydrogens is 574 g/mol. The number of anilines is 2. The summed E-state index contributed by atoms with van der Waals surface area (Å²) in [6, 6.07) is 2.75. The van der Waals surface area contributed by atoms with Crippen molar-refractivity contribution in [3.8, 4) is 0 Å². The quantitative estimate of drug-likeness (QED) is 0.510. The lowest BCUT2D eigenvalue weighted by molar-refractivity contribution is -0.171. The Hall–Kier alpha value is -3.78. The van der Waals surface area contributed by atoms with Gasteiger partial charge in [0.25, 0.3) is 5.91 Å². The zero-order chi connectivity index (χ0) is 31.3. The van der Waals surface area contributed by atoms with Crippen molar-refractivity contribution in [2.75, 3.05) is 56.7 Å². The van der Waals surface area contributed by atoms with Gasteiger partial charge >= 0.3 is 12.3 Å². The number of carbonyl (C=O) groups is 3. The van der Waals surface area contributed by atoms with E-state index in [0.29, 0.717) is 36.6 Å². The first kappa shape index (κ1) is 30.7. The van der Waals surface area contributed by atoms with Gasteiger partial charge in [-0.25, -0.2) is 14.2 Å². The number of nitrogens with zero attached hydrogens (tertiary/aromatic N) is 4. The van der Waals surface area contributed by atoms with Crippen LogP contribution in [0, 0.1) is 11.7 Å². The van der Waals surface area contributed by atoms with Gasteiger partial charge < -0.3 is 24.6 Å². The minimum atomic E-state index is -4.95. The first-order valence-electron chi connectivity index (χ1n) is 13.9. The average molecular weight is 608 g/mol. The molecule has 5 rings (SSSR count). The fraction of sp³-hybridized carbons (Fsp3) is 0.517. The summed E-state index contributed by atoms with van der Waals surface area (Å²) in [5, 5.41) is 2.56. The van der Waals surface area contributed by atoms with Gasteiger partial charge in [0.1, 0.15) is 11.7 Å². The average Bonchev–Trinajstić information content (AvgIpc) is 3.41. The predicted molar refractivity (Wildman–Crippen MR) is 150 cm³/mol. The minimum absolute atomic E-state index is 0.0281. The van der Waals surface area contributed by atoms with Crippen LogP contribution >= 0.6 is 0 Å². The van der Waals surface area contributed by atoms with Crippen LogP contribution in [0.4, 0.5) is 33.7 Å². The van der Waals surface area contributed by atoms with Crippen molar-refractivity contribution >= 4 is 41.1 Å². The van der Waals surface area contributed by atoms with Crippen molar-refractivity contribution in [1.29, 1.82) is 0 Å². The van der Waals surface area contributed by atoms with Gasteiger partial charge in [0, 0.05) is 56.1 Å². The van der Waals surface area contributed by atoms with Crippen LogP contribution in [0.15, 0.2) is 34.9 Å². The number of likely N-dealkylation sites (N-methyl/N-ethyl adjacent to an activating group) is 1. The number of hydrogen-bond acceptors (Lipinski definition) is 7. The van der Waals surface area contributed by atoms with Gasteiger partial charge in [-0.15, -0.1) is 0 Å². The summed E-state index contributed by atoms with van der Waals surface area (Å²) in [5.41, 5.74) is -1.13. The van der Waals surface area contributed by atoms with Crippen LogP contribution in [0.3, 0.4) is 0 Å². The van der Waals surface area contributed by atoms with Gasteiger partial charge in [-0.2, -0.15) is 13.2 Å². The van der Waals surface area contributed by atoms with Crippen LogP contribution in [0.1, 0.15) is 26.3 Å². The van der Waals surface area contributed by atoms with E-state index in [-0.39, 0.29) is 49.6 Å². The molecule has 14 heteroatoms. The fourth-order valence-electron chi connectivity index (χ4n) is 5.55. The van der Waals surface area contributed by atoms with E-state index >= 15 is 4.39 Å². The Balaban J connectivity index is 1.45. The van der Waals surface area contributed by atoms with E-state index in [1.54, 1.807) is 13.0 Å². The second-order valence-electron chi connectivity index (χ2n) is 11.7. The summed E-state index contributed by atoms with van der Waals surface area (Å²) in [6.07, 6.45) is -2.90. The maximum Gasteiger partial charge on any atom is 0.414 e. The predicted octanol–water partition coefficient (Wildman–Crippen LogP) is 3.63. The number of alkyl halides is 3. The Morgan fingerprint density at radius 2 is 1.84 bits per heavy atom. The maximum absolute atomic E-state index is 15.8. The van der Waals surface area contributed by atoms with E-state index in [2.05, 4.69) is 15.2 Å². The molecule has 10 nitrogen and oxygen atoms in total. The molecule has 4 aliphatic heterocycles. The summed E-state index contributed by atoms with van der Waals surface area (Å²) < 4.78 is 67.6. The smallest absolute Gasteiger partial charge is 0.414 e. The van der Waals surface area contributed by atoms with Crippen LogP contribution < -0.4 is 10.2 Å². The van der Waals surface area contributed by atoms with Crippen LogP contribution in [-0.4, -0.2) is 104 Å². The molecule has 0 bridgehead atoms. The maximum atomic E-state index is 15.8. The highest BCUT2D eigenvalue weighted by Crippen LogP contribution is 2.38. The second-order valence-corrected chi connectivity index (χ2v) is 11.7. The number of dihydropyridines is 1. The van der Waals surface area contributed by atoms with E-state index in [1.807, 2.05) is 25.8 Å². The highest BCUT2D eigenvalue weighted by atomic mass is 19.4. The number of ether oxygens (including phenoxy) is 2. The van der Waals surface area contributed by atoms with E-state index in [0.717, 1.165) is 0 Å². The van der Waals surface area contributed by atoms with E-state index in [4.69, 9.17) is 9.47 Å². The number of rotatable bonds is 5. The van der Waals surface area contributed by atoms with E-state index in [1.165, 1.54) is 17.0 Å². The number of halogens is 4. The van der Waals surface area contributed by atoms with Gasteiger partial charge in [-0.3, -0.25) is 14.5 Å². The van der Waals surface area contributed by atoms with Gasteiger partial charge in [-0.1, -0.05) is 6.08 Å². The number of nitrogens with one attached hydrogen (secondary N) is 1. The third-order valence-corrected chi connectivity index (χ3v) is 8.29. The lowest BCUT2D eigenvalue weighted by Crippen LogP contribution is -2.55. The van der Waals surface area contributed by atoms with Crippen molar-refractivity contribution < 1.29 is 41.4 Å².